The molecule has 0 spiro atoms. The lowest BCUT2D eigenvalue weighted by molar-refractivity contribution is 0.319. The second-order valence-electron chi connectivity index (χ2n) is 3.87. The van der Waals surface area contributed by atoms with Crippen molar-refractivity contribution < 1.29 is 13.5 Å². The topological polar surface area (TPSA) is 35.2 Å². The minimum Gasteiger partial charge on any atom is -0.493 e. The molecule has 2 rings (SSSR count). The third kappa shape index (κ3) is 2.97. The Hall–Kier alpha value is -2.10. The quantitative estimate of drug-likeness (QED) is 0.845. The summed E-state index contributed by atoms with van der Waals surface area (Å²) in [6.07, 6.45) is 0.617. The van der Waals surface area contributed by atoms with Crippen LogP contribution in [-0.2, 0) is 6.42 Å². The highest BCUT2D eigenvalue weighted by Gasteiger charge is 2.03. The number of halogens is 2. The normalized spacial score (nSPS) is 10.3. The van der Waals surface area contributed by atoms with Gasteiger partial charge in [-0.3, -0.25) is 0 Å². The van der Waals surface area contributed by atoms with Crippen molar-refractivity contribution >= 4 is 5.69 Å². The van der Waals surface area contributed by atoms with Crippen molar-refractivity contribution in [3.63, 3.8) is 0 Å². The fourth-order valence-corrected chi connectivity index (χ4v) is 1.61. The summed E-state index contributed by atoms with van der Waals surface area (Å²) in [6.45, 7) is 0.360. The van der Waals surface area contributed by atoms with E-state index >= 15 is 0 Å². The molecule has 2 N–H and O–H groups in total. The number of para-hydroxylation sites is 1. The molecule has 0 aliphatic rings. The lowest BCUT2D eigenvalue weighted by Gasteiger charge is -2.08. The van der Waals surface area contributed by atoms with Gasteiger partial charge in [0.1, 0.15) is 5.75 Å². The molecule has 4 heteroatoms. The Balaban J connectivity index is 1.92. The molecule has 0 aliphatic carbocycles. The maximum atomic E-state index is 12.9. The molecule has 0 heterocycles. The van der Waals surface area contributed by atoms with Crippen LogP contribution in [-0.4, -0.2) is 6.61 Å². The summed E-state index contributed by atoms with van der Waals surface area (Å²) < 4.78 is 30.9. The zero-order valence-corrected chi connectivity index (χ0v) is 9.70. The lowest BCUT2D eigenvalue weighted by Crippen LogP contribution is -2.04. The summed E-state index contributed by atoms with van der Waals surface area (Å²) in [6, 6.07) is 10.9. The molecule has 2 aromatic rings. The first kappa shape index (κ1) is 12.4. The summed E-state index contributed by atoms with van der Waals surface area (Å²) in [4.78, 5) is 0. The molecule has 0 bridgehead atoms. The van der Waals surface area contributed by atoms with E-state index in [4.69, 9.17) is 10.5 Å². The Morgan fingerprint density at radius 3 is 2.50 bits per heavy atom. The average Bonchev–Trinajstić information content (AvgIpc) is 2.36. The van der Waals surface area contributed by atoms with Crippen molar-refractivity contribution in [2.45, 2.75) is 6.42 Å². The van der Waals surface area contributed by atoms with Crippen molar-refractivity contribution in [1.82, 2.24) is 0 Å². The molecule has 2 aromatic carbocycles. The smallest absolute Gasteiger partial charge is 0.162 e. The van der Waals surface area contributed by atoms with Crippen LogP contribution in [0.4, 0.5) is 14.5 Å². The second-order valence-corrected chi connectivity index (χ2v) is 3.87. The van der Waals surface area contributed by atoms with Gasteiger partial charge in [0, 0.05) is 18.2 Å². The Labute approximate surface area is 104 Å². The van der Waals surface area contributed by atoms with Gasteiger partial charge in [-0.05, 0) is 23.8 Å². The van der Waals surface area contributed by atoms with Gasteiger partial charge in [0.2, 0.25) is 0 Å². The van der Waals surface area contributed by atoms with Gasteiger partial charge in [-0.25, -0.2) is 8.78 Å². The first-order chi connectivity index (χ1) is 8.66. The molecule has 0 fully saturated rings. The lowest BCUT2D eigenvalue weighted by atomic mass is 10.1. The Morgan fingerprint density at radius 1 is 1.00 bits per heavy atom. The summed E-state index contributed by atoms with van der Waals surface area (Å²) in [5, 5.41) is 0. The van der Waals surface area contributed by atoms with E-state index in [9.17, 15) is 8.78 Å². The number of ether oxygens (including phenoxy) is 1. The SMILES string of the molecule is Nc1ccccc1CCOc1ccc(F)c(F)c1. The summed E-state index contributed by atoms with van der Waals surface area (Å²) in [7, 11) is 0. The van der Waals surface area contributed by atoms with Gasteiger partial charge < -0.3 is 10.5 Å². The molecule has 0 aromatic heterocycles. The second kappa shape index (κ2) is 5.49. The highest BCUT2D eigenvalue weighted by molar-refractivity contribution is 5.46. The zero-order valence-electron chi connectivity index (χ0n) is 9.70. The van der Waals surface area contributed by atoms with E-state index < -0.39 is 11.6 Å². The monoisotopic (exact) mass is 249 g/mol. The van der Waals surface area contributed by atoms with Gasteiger partial charge in [0.15, 0.2) is 11.6 Å². The third-order valence-electron chi connectivity index (χ3n) is 2.59. The van der Waals surface area contributed by atoms with Crippen LogP contribution >= 0.6 is 0 Å². The van der Waals surface area contributed by atoms with Crippen molar-refractivity contribution in [2.75, 3.05) is 12.3 Å². The minimum absolute atomic E-state index is 0.309. The summed E-state index contributed by atoms with van der Waals surface area (Å²) >= 11 is 0. The fraction of sp³-hybridized carbons (Fsp3) is 0.143. The highest BCUT2D eigenvalue weighted by atomic mass is 19.2. The molecular weight excluding hydrogens is 236 g/mol. The van der Waals surface area contributed by atoms with Gasteiger partial charge in [-0.1, -0.05) is 18.2 Å². The van der Waals surface area contributed by atoms with Crippen LogP contribution in [0.1, 0.15) is 5.56 Å². The molecule has 0 atom stereocenters. The molecular formula is C14H13F2NO. The number of nitrogen functional groups attached to an aromatic ring is 1. The van der Waals surface area contributed by atoms with E-state index in [2.05, 4.69) is 0 Å². The number of benzene rings is 2. The molecule has 0 radical (unpaired) electrons. The number of hydrogen-bond acceptors (Lipinski definition) is 2. The minimum atomic E-state index is -0.910. The number of rotatable bonds is 4. The van der Waals surface area contributed by atoms with E-state index in [-0.39, 0.29) is 0 Å². The molecule has 0 aliphatic heterocycles. The number of anilines is 1. The molecule has 0 amide bonds. The fourth-order valence-electron chi connectivity index (χ4n) is 1.61. The first-order valence-electron chi connectivity index (χ1n) is 5.58. The number of nitrogens with two attached hydrogens (primary N) is 1. The van der Waals surface area contributed by atoms with Crippen LogP contribution in [0.25, 0.3) is 0 Å². The van der Waals surface area contributed by atoms with Gasteiger partial charge in [-0.15, -0.1) is 0 Å². The summed E-state index contributed by atoms with van der Waals surface area (Å²) in [5.41, 5.74) is 7.45. The Morgan fingerprint density at radius 2 is 1.78 bits per heavy atom. The maximum Gasteiger partial charge on any atom is 0.162 e. The van der Waals surface area contributed by atoms with E-state index in [0.29, 0.717) is 24.5 Å². The van der Waals surface area contributed by atoms with E-state index in [1.54, 1.807) is 0 Å². The van der Waals surface area contributed by atoms with Crippen LogP contribution in [0.15, 0.2) is 42.5 Å². The van der Waals surface area contributed by atoms with Gasteiger partial charge in [0.05, 0.1) is 6.61 Å². The number of hydrogen-bond donors (Lipinski definition) is 1. The molecule has 18 heavy (non-hydrogen) atoms. The van der Waals surface area contributed by atoms with Crippen LogP contribution in [0.2, 0.25) is 0 Å². The van der Waals surface area contributed by atoms with Crippen molar-refractivity contribution in [3.8, 4) is 5.75 Å². The van der Waals surface area contributed by atoms with Crippen molar-refractivity contribution in [2.24, 2.45) is 0 Å². The Bertz CT molecular complexity index is 543. The molecule has 0 unspecified atom stereocenters. The molecule has 94 valence electrons. The van der Waals surface area contributed by atoms with E-state index in [1.807, 2.05) is 24.3 Å². The summed E-state index contributed by atoms with van der Waals surface area (Å²) in [5.74, 6) is -1.48. The standard InChI is InChI=1S/C14H13F2NO/c15-12-6-5-11(9-13(12)16)18-8-7-10-3-1-2-4-14(10)17/h1-6,9H,7-8,17H2. The van der Waals surface area contributed by atoms with Crippen LogP contribution in [0.5, 0.6) is 5.75 Å². The molecule has 0 saturated carbocycles. The Kier molecular flexibility index (Phi) is 3.77. The van der Waals surface area contributed by atoms with E-state index in [0.717, 1.165) is 17.7 Å². The maximum absolute atomic E-state index is 12.9. The first-order valence-corrected chi connectivity index (χ1v) is 5.58. The third-order valence-corrected chi connectivity index (χ3v) is 2.59. The molecule has 0 saturated heterocycles. The van der Waals surface area contributed by atoms with Crippen molar-refractivity contribution in [1.29, 1.82) is 0 Å². The van der Waals surface area contributed by atoms with Crippen LogP contribution in [0.3, 0.4) is 0 Å². The van der Waals surface area contributed by atoms with Gasteiger partial charge in [0.25, 0.3) is 0 Å². The van der Waals surface area contributed by atoms with Crippen LogP contribution in [0, 0.1) is 11.6 Å². The average molecular weight is 249 g/mol. The predicted molar refractivity (Wildman–Crippen MR) is 66.4 cm³/mol. The van der Waals surface area contributed by atoms with Crippen LogP contribution < -0.4 is 10.5 Å². The molecule has 2 nitrogen and oxygen atoms in total. The highest BCUT2D eigenvalue weighted by Crippen LogP contribution is 2.16. The zero-order chi connectivity index (χ0) is 13.0. The largest absolute Gasteiger partial charge is 0.493 e. The van der Waals surface area contributed by atoms with Crippen molar-refractivity contribution in [3.05, 3.63) is 59.7 Å². The van der Waals surface area contributed by atoms with Gasteiger partial charge in [-0.2, -0.15) is 0 Å². The van der Waals surface area contributed by atoms with Gasteiger partial charge >= 0.3 is 0 Å². The predicted octanol–water partition coefficient (Wildman–Crippen LogP) is 3.17. The van der Waals surface area contributed by atoms with E-state index in [1.165, 1.54) is 6.07 Å².